The zero-order valence-corrected chi connectivity index (χ0v) is 14.2. The van der Waals surface area contributed by atoms with Gasteiger partial charge in [0.25, 0.3) is 0 Å². The summed E-state index contributed by atoms with van der Waals surface area (Å²) in [7, 11) is 0. The number of ether oxygens (including phenoxy) is 2. The van der Waals surface area contributed by atoms with Crippen LogP contribution in [0, 0.1) is 6.92 Å². The van der Waals surface area contributed by atoms with Crippen molar-refractivity contribution in [3.63, 3.8) is 0 Å². The van der Waals surface area contributed by atoms with E-state index in [4.69, 9.17) is 25.5 Å². The molecule has 0 unspecified atom stereocenters. The Labute approximate surface area is 149 Å². The van der Waals surface area contributed by atoms with Gasteiger partial charge in [-0.2, -0.15) is 0 Å². The summed E-state index contributed by atoms with van der Waals surface area (Å²) in [6.45, 7) is 1.08. The van der Waals surface area contributed by atoms with Crippen LogP contribution in [0.2, 0.25) is 5.02 Å². The summed E-state index contributed by atoms with van der Waals surface area (Å²) in [6.07, 6.45) is 0. The average molecular weight is 359 g/mol. The van der Waals surface area contributed by atoms with Crippen molar-refractivity contribution < 1.29 is 23.5 Å². The molecule has 0 N–H and O–H groups in total. The van der Waals surface area contributed by atoms with Crippen molar-refractivity contribution >= 4 is 34.3 Å². The van der Waals surface area contributed by atoms with Crippen molar-refractivity contribution in [3.8, 4) is 5.75 Å². The predicted molar refractivity (Wildman–Crippen MR) is 93.2 cm³/mol. The number of ketones is 1. The summed E-state index contributed by atoms with van der Waals surface area (Å²) < 4.78 is 15.8. The molecule has 0 saturated carbocycles. The second-order valence-corrected chi connectivity index (χ2v) is 5.82. The molecule has 3 rings (SSSR count). The van der Waals surface area contributed by atoms with Gasteiger partial charge in [-0.15, -0.1) is 0 Å². The third-order valence-corrected chi connectivity index (χ3v) is 3.85. The maximum absolute atomic E-state index is 12.2. The van der Waals surface area contributed by atoms with Crippen LogP contribution in [0.5, 0.6) is 5.75 Å². The van der Waals surface area contributed by atoms with E-state index in [1.807, 2.05) is 18.2 Å². The maximum atomic E-state index is 12.2. The topological polar surface area (TPSA) is 65.7 Å². The number of Topliss-reactive ketones (excluding diaryl/α,β-unsaturated/α-hetero) is 1. The van der Waals surface area contributed by atoms with Gasteiger partial charge in [0.15, 0.2) is 19.0 Å². The molecule has 0 saturated heterocycles. The van der Waals surface area contributed by atoms with Crippen molar-refractivity contribution in [2.24, 2.45) is 0 Å². The summed E-state index contributed by atoms with van der Waals surface area (Å²) in [5, 5.41) is 1.36. The minimum atomic E-state index is -0.651. The van der Waals surface area contributed by atoms with E-state index in [2.05, 4.69) is 0 Å². The first-order chi connectivity index (χ1) is 12.0. The molecule has 6 heteroatoms. The molecule has 128 valence electrons. The Hall–Kier alpha value is -2.79. The second kappa shape index (κ2) is 7.40. The van der Waals surface area contributed by atoms with Gasteiger partial charge in [-0.05, 0) is 31.2 Å². The number of para-hydroxylation sites is 1. The number of carbonyl (C=O) groups is 2. The summed E-state index contributed by atoms with van der Waals surface area (Å²) in [5.74, 6) is -0.402. The summed E-state index contributed by atoms with van der Waals surface area (Å²) in [5.41, 5.74) is 1.35. The molecule has 25 heavy (non-hydrogen) atoms. The van der Waals surface area contributed by atoms with Gasteiger partial charge in [0.1, 0.15) is 11.3 Å². The van der Waals surface area contributed by atoms with Gasteiger partial charge in [-0.1, -0.05) is 35.9 Å². The first-order valence-electron chi connectivity index (χ1n) is 7.60. The number of hydrogen-bond donors (Lipinski definition) is 0. The van der Waals surface area contributed by atoms with Gasteiger partial charge in [-0.3, -0.25) is 4.79 Å². The Morgan fingerprint density at radius 2 is 1.88 bits per heavy atom. The van der Waals surface area contributed by atoms with Crippen molar-refractivity contribution in [2.75, 3.05) is 13.2 Å². The molecule has 1 aromatic heterocycles. The monoisotopic (exact) mass is 358 g/mol. The minimum absolute atomic E-state index is 0.199. The Bertz CT molecular complexity index is 928. The van der Waals surface area contributed by atoms with Gasteiger partial charge < -0.3 is 13.9 Å². The van der Waals surface area contributed by atoms with E-state index in [0.29, 0.717) is 16.4 Å². The molecule has 0 aliphatic rings. The number of furan rings is 1. The largest absolute Gasteiger partial charge is 0.482 e. The highest BCUT2D eigenvalue weighted by molar-refractivity contribution is 6.30. The lowest BCUT2D eigenvalue weighted by Gasteiger charge is -2.06. The number of carbonyl (C=O) groups excluding carboxylic acids is 2. The summed E-state index contributed by atoms with van der Waals surface area (Å²) >= 11 is 5.83. The van der Waals surface area contributed by atoms with Crippen LogP contribution >= 0.6 is 11.6 Å². The zero-order chi connectivity index (χ0) is 17.8. The molecule has 0 aliphatic carbocycles. The van der Waals surface area contributed by atoms with E-state index in [1.165, 1.54) is 0 Å². The molecule has 0 radical (unpaired) electrons. The van der Waals surface area contributed by atoms with E-state index in [-0.39, 0.29) is 12.4 Å². The standard InChI is InChI=1S/C19H15ClO5/c1-12-15-7-2-3-8-17(15)25-19(12)16(21)10-24-18(22)11-23-14-6-4-5-13(20)9-14/h2-9H,10-11H2,1H3. The zero-order valence-electron chi connectivity index (χ0n) is 13.5. The third kappa shape index (κ3) is 4.00. The van der Waals surface area contributed by atoms with Gasteiger partial charge >= 0.3 is 5.97 Å². The molecule has 0 fully saturated rings. The van der Waals surface area contributed by atoms with Crippen molar-refractivity contribution in [1.82, 2.24) is 0 Å². The number of aryl methyl sites for hydroxylation is 1. The van der Waals surface area contributed by atoms with Crippen LogP contribution in [0.3, 0.4) is 0 Å². The molecule has 1 heterocycles. The van der Waals surface area contributed by atoms with E-state index in [0.717, 1.165) is 10.9 Å². The highest BCUT2D eigenvalue weighted by Crippen LogP contribution is 2.25. The molecule has 2 aromatic carbocycles. The van der Waals surface area contributed by atoms with E-state index < -0.39 is 18.4 Å². The number of esters is 1. The van der Waals surface area contributed by atoms with Crippen molar-refractivity contribution in [2.45, 2.75) is 6.92 Å². The van der Waals surface area contributed by atoms with E-state index in [9.17, 15) is 9.59 Å². The van der Waals surface area contributed by atoms with Crippen LogP contribution in [0.25, 0.3) is 11.0 Å². The number of halogens is 1. The van der Waals surface area contributed by atoms with Gasteiger partial charge in [0.2, 0.25) is 5.78 Å². The van der Waals surface area contributed by atoms with E-state index >= 15 is 0 Å². The van der Waals surface area contributed by atoms with Gasteiger partial charge in [0.05, 0.1) is 0 Å². The van der Waals surface area contributed by atoms with Crippen molar-refractivity contribution in [3.05, 3.63) is 64.9 Å². The third-order valence-electron chi connectivity index (χ3n) is 3.61. The van der Waals surface area contributed by atoms with Gasteiger partial charge in [0, 0.05) is 16.0 Å². The fourth-order valence-corrected chi connectivity index (χ4v) is 2.57. The average Bonchev–Trinajstić information content (AvgIpc) is 2.95. The lowest BCUT2D eigenvalue weighted by atomic mass is 10.1. The molecular formula is C19H15ClO5. The Balaban J connectivity index is 1.56. The van der Waals surface area contributed by atoms with Crippen LogP contribution in [0.1, 0.15) is 16.1 Å². The minimum Gasteiger partial charge on any atom is -0.482 e. The first-order valence-corrected chi connectivity index (χ1v) is 7.97. The lowest BCUT2D eigenvalue weighted by molar-refractivity contribution is -0.144. The van der Waals surface area contributed by atoms with Crippen LogP contribution < -0.4 is 4.74 Å². The molecule has 0 spiro atoms. The molecule has 5 nitrogen and oxygen atoms in total. The molecule has 0 atom stereocenters. The fraction of sp³-hybridized carbons (Fsp3) is 0.158. The van der Waals surface area contributed by atoms with Crippen LogP contribution in [0.15, 0.2) is 52.9 Å². The number of fused-ring (bicyclic) bond motifs is 1. The number of rotatable bonds is 6. The first kappa shape index (κ1) is 17.0. The highest BCUT2D eigenvalue weighted by Gasteiger charge is 2.19. The highest BCUT2D eigenvalue weighted by atomic mass is 35.5. The number of benzene rings is 2. The molecule has 3 aromatic rings. The smallest absolute Gasteiger partial charge is 0.344 e. The quantitative estimate of drug-likeness (QED) is 0.488. The van der Waals surface area contributed by atoms with Gasteiger partial charge in [-0.25, -0.2) is 4.79 Å². The SMILES string of the molecule is Cc1c(C(=O)COC(=O)COc2cccc(Cl)c2)oc2ccccc12. The second-order valence-electron chi connectivity index (χ2n) is 5.38. The molecule has 0 bridgehead atoms. The molecular weight excluding hydrogens is 344 g/mol. The van der Waals surface area contributed by atoms with E-state index in [1.54, 1.807) is 37.3 Å². The lowest BCUT2D eigenvalue weighted by Crippen LogP contribution is -2.19. The fourth-order valence-electron chi connectivity index (χ4n) is 2.39. The maximum Gasteiger partial charge on any atom is 0.344 e. The van der Waals surface area contributed by atoms with Crippen LogP contribution in [0.4, 0.5) is 0 Å². The Morgan fingerprint density at radius 1 is 1.08 bits per heavy atom. The Morgan fingerprint density at radius 3 is 2.64 bits per heavy atom. The van der Waals surface area contributed by atoms with Crippen molar-refractivity contribution in [1.29, 1.82) is 0 Å². The predicted octanol–water partition coefficient (Wildman–Crippen LogP) is 4.20. The Kier molecular flexibility index (Phi) is 5.05. The number of hydrogen-bond acceptors (Lipinski definition) is 5. The summed E-state index contributed by atoms with van der Waals surface area (Å²) in [4.78, 5) is 24.0. The molecule has 0 amide bonds. The van der Waals surface area contributed by atoms with Crippen LogP contribution in [-0.4, -0.2) is 25.0 Å². The summed E-state index contributed by atoms with van der Waals surface area (Å²) in [6, 6.07) is 14.0. The molecule has 0 aliphatic heterocycles. The normalized spacial score (nSPS) is 10.6. The van der Waals surface area contributed by atoms with Crippen LogP contribution in [-0.2, 0) is 9.53 Å².